The summed E-state index contributed by atoms with van der Waals surface area (Å²) in [7, 11) is 0. The highest BCUT2D eigenvalue weighted by Crippen LogP contribution is 2.27. The molecule has 2 unspecified atom stereocenters. The molecule has 0 aliphatic carbocycles. The number of carboxylic acid groups (broad SMARTS) is 1. The lowest BCUT2D eigenvalue weighted by Gasteiger charge is -2.22. The Hall–Kier alpha value is -1.35. The third-order valence-corrected chi connectivity index (χ3v) is 3.43. The molecule has 3 N–H and O–H groups in total. The van der Waals surface area contributed by atoms with E-state index in [1.54, 1.807) is 0 Å². The van der Waals surface area contributed by atoms with E-state index in [1.807, 2.05) is 33.8 Å². The second-order valence-electron chi connectivity index (χ2n) is 4.67. The average molecular weight is 235 g/mol. The van der Waals surface area contributed by atoms with Crippen LogP contribution in [0.2, 0.25) is 0 Å². The van der Waals surface area contributed by atoms with Crippen LogP contribution in [0.5, 0.6) is 0 Å². The zero-order valence-electron chi connectivity index (χ0n) is 10.9. The van der Waals surface area contributed by atoms with Crippen molar-refractivity contribution in [3.8, 4) is 0 Å². The summed E-state index contributed by atoms with van der Waals surface area (Å²) in [6.45, 7) is 7.91. The van der Waals surface area contributed by atoms with Crippen LogP contribution in [0, 0.1) is 26.7 Å². The van der Waals surface area contributed by atoms with Gasteiger partial charge in [0.05, 0.1) is 5.92 Å². The van der Waals surface area contributed by atoms with Crippen molar-refractivity contribution in [2.24, 2.45) is 11.7 Å². The van der Waals surface area contributed by atoms with Gasteiger partial charge in [-0.25, -0.2) is 0 Å². The molecule has 1 aromatic carbocycles. The Morgan fingerprint density at radius 1 is 1.24 bits per heavy atom. The molecule has 0 amide bonds. The zero-order valence-corrected chi connectivity index (χ0v) is 10.9. The van der Waals surface area contributed by atoms with Gasteiger partial charge in [-0.2, -0.15) is 0 Å². The van der Waals surface area contributed by atoms with Crippen molar-refractivity contribution in [3.63, 3.8) is 0 Å². The van der Waals surface area contributed by atoms with E-state index in [0.717, 1.165) is 16.7 Å². The van der Waals surface area contributed by atoms with Crippen molar-refractivity contribution in [1.29, 1.82) is 0 Å². The molecule has 0 radical (unpaired) electrons. The summed E-state index contributed by atoms with van der Waals surface area (Å²) < 4.78 is 0. The second-order valence-corrected chi connectivity index (χ2v) is 4.67. The van der Waals surface area contributed by atoms with E-state index in [-0.39, 0.29) is 0 Å². The van der Waals surface area contributed by atoms with Gasteiger partial charge in [-0.15, -0.1) is 0 Å². The lowest BCUT2D eigenvalue weighted by molar-refractivity contribution is -0.142. The van der Waals surface area contributed by atoms with Gasteiger partial charge >= 0.3 is 5.97 Å². The summed E-state index contributed by atoms with van der Waals surface area (Å²) in [5.74, 6) is -1.34. The number of hydrogen-bond acceptors (Lipinski definition) is 2. The molecule has 0 heterocycles. The minimum Gasteiger partial charge on any atom is -0.481 e. The van der Waals surface area contributed by atoms with Gasteiger partial charge in [0.1, 0.15) is 0 Å². The largest absolute Gasteiger partial charge is 0.481 e. The first-order valence-corrected chi connectivity index (χ1v) is 5.94. The summed E-state index contributed by atoms with van der Waals surface area (Å²) in [5, 5.41) is 9.14. The molecule has 1 rings (SSSR count). The van der Waals surface area contributed by atoms with Gasteiger partial charge in [-0.3, -0.25) is 4.79 Å². The van der Waals surface area contributed by atoms with E-state index in [2.05, 4.69) is 6.07 Å². The van der Waals surface area contributed by atoms with Crippen molar-refractivity contribution >= 4 is 5.97 Å². The van der Waals surface area contributed by atoms with Crippen molar-refractivity contribution < 1.29 is 9.90 Å². The SMILES string of the molecule is CCC(C(=O)O)C(N)c1cc(C)c(C)cc1C. The smallest absolute Gasteiger partial charge is 0.308 e. The van der Waals surface area contributed by atoms with Crippen LogP contribution in [0.3, 0.4) is 0 Å². The second kappa shape index (κ2) is 5.32. The lowest BCUT2D eigenvalue weighted by Crippen LogP contribution is -2.28. The monoisotopic (exact) mass is 235 g/mol. The van der Waals surface area contributed by atoms with Gasteiger partial charge in [0.25, 0.3) is 0 Å². The molecular formula is C14H21NO2. The average Bonchev–Trinajstić information content (AvgIpc) is 2.23. The number of hydrogen-bond donors (Lipinski definition) is 2. The molecule has 3 heteroatoms. The van der Waals surface area contributed by atoms with Gasteiger partial charge in [-0.1, -0.05) is 19.1 Å². The third-order valence-electron chi connectivity index (χ3n) is 3.43. The number of aliphatic carboxylic acids is 1. The molecule has 0 aliphatic rings. The molecule has 0 saturated carbocycles. The highest BCUT2D eigenvalue weighted by Gasteiger charge is 2.25. The van der Waals surface area contributed by atoms with E-state index in [0.29, 0.717) is 6.42 Å². The summed E-state index contributed by atoms with van der Waals surface area (Å²) in [4.78, 5) is 11.1. The van der Waals surface area contributed by atoms with E-state index in [9.17, 15) is 4.79 Å². The van der Waals surface area contributed by atoms with Crippen LogP contribution in [0.1, 0.15) is 41.6 Å². The van der Waals surface area contributed by atoms with Crippen LogP contribution in [0.4, 0.5) is 0 Å². The van der Waals surface area contributed by atoms with Crippen LogP contribution in [-0.4, -0.2) is 11.1 Å². The fourth-order valence-electron chi connectivity index (χ4n) is 2.14. The van der Waals surface area contributed by atoms with Crippen LogP contribution in [-0.2, 0) is 4.79 Å². The maximum Gasteiger partial charge on any atom is 0.308 e. The maximum absolute atomic E-state index is 11.1. The van der Waals surface area contributed by atoms with Crippen LogP contribution >= 0.6 is 0 Å². The lowest BCUT2D eigenvalue weighted by atomic mass is 9.87. The van der Waals surface area contributed by atoms with Crippen LogP contribution in [0.25, 0.3) is 0 Å². The predicted molar refractivity (Wildman–Crippen MR) is 69.0 cm³/mol. The van der Waals surface area contributed by atoms with Gasteiger partial charge in [0.15, 0.2) is 0 Å². The van der Waals surface area contributed by atoms with Gasteiger partial charge in [0, 0.05) is 6.04 Å². The molecule has 0 fully saturated rings. The van der Waals surface area contributed by atoms with Crippen molar-refractivity contribution in [1.82, 2.24) is 0 Å². The van der Waals surface area contributed by atoms with E-state index >= 15 is 0 Å². The number of rotatable bonds is 4. The number of nitrogens with two attached hydrogens (primary N) is 1. The molecule has 0 bridgehead atoms. The summed E-state index contributed by atoms with van der Waals surface area (Å²) >= 11 is 0. The first kappa shape index (κ1) is 13.7. The first-order valence-electron chi connectivity index (χ1n) is 5.94. The minimum absolute atomic E-state index is 0.434. The Bertz CT molecular complexity index is 426. The molecule has 0 aromatic heterocycles. The minimum atomic E-state index is -0.822. The fourth-order valence-corrected chi connectivity index (χ4v) is 2.14. The van der Waals surface area contributed by atoms with Gasteiger partial charge in [0.2, 0.25) is 0 Å². The third kappa shape index (κ3) is 2.86. The number of benzene rings is 1. The van der Waals surface area contributed by atoms with E-state index < -0.39 is 17.9 Å². The maximum atomic E-state index is 11.1. The summed E-state index contributed by atoms with van der Waals surface area (Å²) in [5.41, 5.74) is 10.5. The Labute approximate surface area is 103 Å². The highest BCUT2D eigenvalue weighted by molar-refractivity contribution is 5.71. The van der Waals surface area contributed by atoms with Crippen molar-refractivity contribution in [2.45, 2.75) is 40.2 Å². The Morgan fingerprint density at radius 2 is 1.76 bits per heavy atom. The number of carbonyl (C=O) groups is 1. The Morgan fingerprint density at radius 3 is 2.24 bits per heavy atom. The fraction of sp³-hybridized carbons (Fsp3) is 0.500. The summed E-state index contributed by atoms with van der Waals surface area (Å²) in [6, 6.07) is 3.65. The Kier molecular flexibility index (Phi) is 4.29. The van der Waals surface area contributed by atoms with E-state index in [1.165, 1.54) is 5.56 Å². The molecule has 0 aliphatic heterocycles. The summed E-state index contributed by atoms with van der Waals surface area (Å²) in [6.07, 6.45) is 0.545. The molecule has 2 atom stereocenters. The van der Waals surface area contributed by atoms with Gasteiger partial charge in [-0.05, 0) is 49.4 Å². The van der Waals surface area contributed by atoms with Crippen LogP contribution < -0.4 is 5.73 Å². The normalized spacial score (nSPS) is 14.4. The first-order chi connectivity index (χ1) is 7.88. The molecule has 3 nitrogen and oxygen atoms in total. The van der Waals surface area contributed by atoms with Crippen LogP contribution in [0.15, 0.2) is 12.1 Å². The van der Waals surface area contributed by atoms with Gasteiger partial charge < -0.3 is 10.8 Å². The quantitative estimate of drug-likeness (QED) is 0.843. The number of aryl methyl sites for hydroxylation is 3. The standard InChI is InChI=1S/C14H21NO2/c1-5-11(14(16)17)13(15)12-7-9(3)8(2)6-10(12)4/h6-7,11,13H,5,15H2,1-4H3,(H,16,17). The predicted octanol–water partition coefficient (Wildman–Crippen LogP) is 2.72. The molecule has 94 valence electrons. The zero-order chi connectivity index (χ0) is 13.2. The molecule has 1 aromatic rings. The van der Waals surface area contributed by atoms with E-state index in [4.69, 9.17) is 10.8 Å². The molecule has 0 spiro atoms. The van der Waals surface area contributed by atoms with Crippen molar-refractivity contribution in [3.05, 3.63) is 34.4 Å². The molecular weight excluding hydrogens is 214 g/mol. The van der Waals surface area contributed by atoms with Crippen molar-refractivity contribution in [2.75, 3.05) is 0 Å². The highest BCUT2D eigenvalue weighted by atomic mass is 16.4. The number of carboxylic acids is 1. The molecule has 17 heavy (non-hydrogen) atoms. The Balaban J connectivity index is 3.15. The molecule has 0 saturated heterocycles. The topological polar surface area (TPSA) is 63.3 Å².